The zero-order valence-electron chi connectivity index (χ0n) is 11.2. The fourth-order valence-electron chi connectivity index (χ4n) is 1.86. The van der Waals surface area contributed by atoms with Gasteiger partial charge in [-0.3, -0.25) is 4.90 Å². The highest BCUT2D eigenvalue weighted by molar-refractivity contribution is 5.92. The van der Waals surface area contributed by atoms with Crippen molar-refractivity contribution in [3.63, 3.8) is 0 Å². The number of rotatable bonds is 5. The van der Waals surface area contributed by atoms with Crippen molar-refractivity contribution in [1.82, 2.24) is 4.98 Å². The highest BCUT2D eigenvalue weighted by Crippen LogP contribution is 2.32. The Balaban J connectivity index is 2.31. The lowest BCUT2D eigenvalue weighted by molar-refractivity contribution is 0.0696. The third kappa shape index (κ3) is 3.14. The number of ether oxygens (including phenoxy) is 1. The van der Waals surface area contributed by atoms with Crippen LogP contribution < -0.4 is 4.90 Å². The maximum Gasteiger partial charge on any atom is 0.416 e. The first-order chi connectivity index (χ1) is 9.52. The van der Waals surface area contributed by atoms with E-state index in [1.54, 1.807) is 6.92 Å². The molecule has 2 rings (SSSR count). The smallest absolute Gasteiger partial charge is 0.416 e. The highest BCUT2D eigenvalue weighted by atomic mass is 16.6. The Morgan fingerprint density at radius 1 is 1.55 bits per heavy atom. The Morgan fingerprint density at radius 2 is 2.25 bits per heavy atom. The zero-order chi connectivity index (χ0) is 14.7. The van der Waals surface area contributed by atoms with Crippen LogP contribution in [0.15, 0.2) is 24.8 Å². The van der Waals surface area contributed by atoms with Crippen LogP contribution in [-0.2, 0) is 4.74 Å². The number of aryl methyl sites for hydroxylation is 1. The summed E-state index contributed by atoms with van der Waals surface area (Å²) >= 11 is 0. The van der Waals surface area contributed by atoms with Crippen molar-refractivity contribution in [3.8, 4) is 0 Å². The first-order valence-electron chi connectivity index (χ1n) is 6.31. The molecule has 0 saturated heterocycles. The normalized spacial score (nSPS) is 13.7. The summed E-state index contributed by atoms with van der Waals surface area (Å²) in [5, 5.41) is 9.07. The third-order valence-corrected chi connectivity index (χ3v) is 2.87. The summed E-state index contributed by atoms with van der Waals surface area (Å²) in [6.07, 6.45) is 2.68. The first kappa shape index (κ1) is 14.0. The van der Waals surface area contributed by atoms with Gasteiger partial charge in [0.2, 0.25) is 0 Å². The molecule has 6 nitrogen and oxygen atoms in total. The molecule has 0 aliphatic heterocycles. The van der Waals surface area contributed by atoms with Crippen molar-refractivity contribution in [1.29, 1.82) is 0 Å². The van der Waals surface area contributed by atoms with E-state index in [1.165, 1.54) is 23.1 Å². The van der Waals surface area contributed by atoms with Crippen molar-refractivity contribution in [2.45, 2.75) is 25.8 Å². The van der Waals surface area contributed by atoms with E-state index in [1.807, 2.05) is 0 Å². The minimum atomic E-state index is -1.05. The van der Waals surface area contributed by atoms with Gasteiger partial charge in [-0.2, -0.15) is 0 Å². The zero-order valence-corrected chi connectivity index (χ0v) is 11.2. The number of hydrogen-bond acceptors (Lipinski definition) is 4. The lowest BCUT2D eigenvalue weighted by Gasteiger charge is -2.21. The van der Waals surface area contributed by atoms with E-state index >= 15 is 0 Å². The van der Waals surface area contributed by atoms with Gasteiger partial charge in [-0.15, -0.1) is 0 Å². The van der Waals surface area contributed by atoms with E-state index in [0.29, 0.717) is 11.5 Å². The Hall–Kier alpha value is -2.37. The van der Waals surface area contributed by atoms with E-state index in [4.69, 9.17) is 9.84 Å². The van der Waals surface area contributed by atoms with Gasteiger partial charge >= 0.3 is 12.1 Å². The highest BCUT2D eigenvalue weighted by Gasteiger charge is 2.36. The molecule has 6 heteroatoms. The van der Waals surface area contributed by atoms with Crippen molar-refractivity contribution in [2.24, 2.45) is 0 Å². The average Bonchev–Trinajstić information content (AvgIpc) is 3.20. The minimum Gasteiger partial charge on any atom is -0.478 e. The second kappa shape index (κ2) is 5.73. The molecule has 0 atom stereocenters. The molecule has 0 bridgehead atoms. The fourth-order valence-corrected chi connectivity index (χ4v) is 1.86. The maximum atomic E-state index is 12.0. The molecule has 1 N–H and O–H groups in total. The maximum absolute atomic E-state index is 12.0. The monoisotopic (exact) mass is 276 g/mol. The fraction of sp³-hybridized carbons (Fsp3) is 0.357. The summed E-state index contributed by atoms with van der Waals surface area (Å²) in [5.74, 6) is -0.731. The molecular weight excluding hydrogens is 260 g/mol. The number of aromatic carboxylic acids is 1. The van der Waals surface area contributed by atoms with Gasteiger partial charge in [0, 0.05) is 11.7 Å². The van der Waals surface area contributed by atoms with Gasteiger partial charge in [0.25, 0.3) is 0 Å². The first-order valence-corrected chi connectivity index (χ1v) is 6.31. The van der Waals surface area contributed by atoms with Gasteiger partial charge in [0.05, 0.1) is 5.56 Å². The number of nitrogens with zero attached hydrogens (tertiary/aromatic N) is 2. The second-order valence-electron chi connectivity index (χ2n) is 4.63. The van der Waals surface area contributed by atoms with Gasteiger partial charge in [-0.05, 0) is 31.9 Å². The van der Waals surface area contributed by atoms with Crippen LogP contribution in [0.4, 0.5) is 10.6 Å². The van der Waals surface area contributed by atoms with Crippen LogP contribution in [0.5, 0.6) is 0 Å². The Morgan fingerprint density at radius 3 is 2.80 bits per heavy atom. The molecule has 1 aromatic heterocycles. The Labute approximate surface area is 116 Å². The number of pyridine rings is 1. The summed E-state index contributed by atoms with van der Waals surface area (Å²) < 4.78 is 5.03. The van der Waals surface area contributed by atoms with Crippen LogP contribution in [0.3, 0.4) is 0 Å². The van der Waals surface area contributed by atoms with E-state index in [0.717, 1.165) is 12.8 Å². The second-order valence-corrected chi connectivity index (χ2v) is 4.63. The standard InChI is InChI=1S/C14H16N2O4/c1-3-6-20-14(19)16(11-4-5-11)12-8-10(13(17)18)7-9(2)15-12/h3,7-8,11H,1,4-6H2,2H3,(H,17,18). The van der Waals surface area contributed by atoms with Crippen molar-refractivity contribution >= 4 is 17.9 Å². The molecule has 1 fully saturated rings. The number of hydrogen-bond donors (Lipinski definition) is 1. The summed E-state index contributed by atoms with van der Waals surface area (Å²) in [5.41, 5.74) is 0.650. The van der Waals surface area contributed by atoms with E-state index < -0.39 is 12.1 Å². The molecule has 0 radical (unpaired) electrons. The summed E-state index contributed by atoms with van der Waals surface area (Å²) in [4.78, 5) is 28.8. The Bertz CT molecular complexity index is 552. The molecule has 0 aromatic carbocycles. The van der Waals surface area contributed by atoms with Crippen LogP contribution in [0.25, 0.3) is 0 Å². The van der Waals surface area contributed by atoms with Crippen LogP contribution in [0.2, 0.25) is 0 Å². The molecule has 1 saturated carbocycles. The van der Waals surface area contributed by atoms with Gasteiger partial charge < -0.3 is 9.84 Å². The molecule has 20 heavy (non-hydrogen) atoms. The van der Waals surface area contributed by atoms with Gasteiger partial charge in [-0.25, -0.2) is 14.6 Å². The van der Waals surface area contributed by atoms with Crippen LogP contribution in [-0.4, -0.2) is 34.8 Å². The molecule has 0 spiro atoms. The summed E-state index contributed by atoms with van der Waals surface area (Å²) in [6, 6.07) is 2.89. The Kier molecular flexibility index (Phi) is 4.02. The third-order valence-electron chi connectivity index (χ3n) is 2.87. The van der Waals surface area contributed by atoms with Gasteiger partial charge in [0.1, 0.15) is 12.4 Å². The summed E-state index contributed by atoms with van der Waals surface area (Å²) in [7, 11) is 0. The molecule has 1 aliphatic carbocycles. The number of carboxylic acids is 1. The van der Waals surface area contributed by atoms with E-state index in [9.17, 15) is 9.59 Å². The molecular formula is C14H16N2O4. The number of amides is 1. The largest absolute Gasteiger partial charge is 0.478 e. The van der Waals surface area contributed by atoms with E-state index in [2.05, 4.69) is 11.6 Å². The van der Waals surface area contributed by atoms with Crippen LogP contribution in [0.1, 0.15) is 28.9 Å². The number of carbonyl (C=O) groups excluding carboxylic acids is 1. The minimum absolute atomic E-state index is 0.0308. The molecule has 1 heterocycles. The molecule has 0 unspecified atom stereocenters. The SMILES string of the molecule is C=CCOC(=O)N(c1cc(C(=O)O)cc(C)n1)C1CC1. The molecule has 1 aromatic rings. The predicted molar refractivity (Wildman–Crippen MR) is 73.0 cm³/mol. The van der Waals surface area contributed by atoms with E-state index in [-0.39, 0.29) is 18.2 Å². The number of carbonyl (C=O) groups is 2. The predicted octanol–water partition coefficient (Wildman–Crippen LogP) is 2.38. The van der Waals surface area contributed by atoms with Crippen molar-refractivity contribution in [2.75, 3.05) is 11.5 Å². The molecule has 106 valence electrons. The number of aromatic nitrogens is 1. The summed E-state index contributed by atoms with van der Waals surface area (Å²) in [6.45, 7) is 5.29. The number of carboxylic acid groups (broad SMARTS) is 1. The van der Waals surface area contributed by atoms with Gasteiger partial charge in [-0.1, -0.05) is 12.7 Å². The van der Waals surface area contributed by atoms with Gasteiger partial charge in [0.15, 0.2) is 0 Å². The quantitative estimate of drug-likeness (QED) is 0.835. The van der Waals surface area contributed by atoms with Crippen LogP contribution >= 0.6 is 0 Å². The van der Waals surface area contributed by atoms with Crippen LogP contribution in [0, 0.1) is 6.92 Å². The number of anilines is 1. The average molecular weight is 276 g/mol. The molecule has 1 amide bonds. The van der Waals surface area contributed by atoms with Crippen molar-refractivity contribution in [3.05, 3.63) is 36.0 Å². The topological polar surface area (TPSA) is 79.7 Å². The van der Waals surface area contributed by atoms with Crippen molar-refractivity contribution < 1.29 is 19.4 Å². The molecule has 1 aliphatic rings. The lowest BCUT2D eigenvalue weighted by Crippen LogP contribution is -2.34. The lowest BCUT2D eigenvalue weighted by atomic mass is 10.2.